The number of nitrogens with zero attached hydrogens (tertiary/aromatic N) is 2. The van der Waals surface area contributed by atoms with Gasteiger partial charge in [0.25, 0.3) is 5.91 Å². The Labute approximate surface area is 178 Å². The van der Waals surface area contributed by atoms with Crippen LogP contribution in [0.5, 0.6) is 0 Å². The highest BCUT2D eigenvalue weighted by Gasteiger charge is 2.16. The van der Waals surface area contributed by atoms with Gasteiger partial charge in [-0.05, 0) is 69.5 Å². The highest BCUT2D eigenvalue weighted by atomic mass is 16.1. The number of hydrogen-bond donors (Lipinski definition) is 1. The first kappa shape index (κ1) is 21.1. The van der Waals surface area contributed by atoms with Crippen molar-refractivity contribution in [3.63, 3.8) is 0 Å². The third-order valence-electron chi connectivity index (χ3n) is 5.38. The lowest BCUT2D eigenvalue weighted by Crippen LogP contribution is -2.27. The van der Waals surface area contributed by atoms with E-state index in [1.807, 2.05) is 57.2 Å². The normalized spacial score (nSPS) is 12.3. The molecule has 0 aliphatic heterocycles. The van der Waals surface area contributed by atoms with Gasteiger partial charge < -0.3 is 9.88 Å². The van der Waals surface area contributed by atoms with E-state index in [-0.39, 0.29) is 17.5 Å². The quantitative estimate of drug-likeness (QED) is 0.457. The third kappa shape index (κ3) is 4.36. The number of benzene rings is 2. The molecule has 1 atom stereocenters. The number of amides is 1. The number of rotatable bonds is 5. The van der Waals surface area contributed by atoms with Crippen LogP contribution in [0.15, 0.2) is 60.2 Å². The van der Waals surface area contributed by atoms with Crippen LogP contribution in [0.25, 0.3) is 11.8 Å². The second-order valence-electron chi connectivity index (χ2n) is 7.73. The molecule has 1 heterocycles. The Kier molecular flexibility index (Phi) is 6.23. The Balaban J connectivity index is 1.91. The largest absolute Gasteiger partial charge is 0.345 e. The van der Waals surface area contributed by atoms with E-state index < -0.39 is 0 Å². The first-order valence-electron chi connectivity index (χ1n) is 10.1. The average Bonchev–Trinajstić information content (AvgIpc) is 3.00. The molecule has 4 nitrogen and oxygen atoms in total. The van der Waals surface area contributed by atoms with Gasteiger partial charge in [0.15, 0.2) is 0 Å². The molecule has 0 unspecified atom stereocenters. The minimum atomic E-state index is -0.370. The van der Waals surface area contributed by atoms with E-state index in [0.29, 0.717) is 0 Å². The molecule has 3 aromatic rings. The van der Waals surface area contributed by atoms with Crippen molar-refractivity contribution in [3.05, 3.63) is 93.8 Å². The van der Waals surface area contributed by atoms with Crippen LogP contribution in [-0.4, -0.2) is 10.5 Å². The molecule has 1 N–H and O–H groups in total. The van der Waals surface area contributed by atoms with Crippen molar-refractivity contribution in [3.8, 4) is 11.8 Å². The summed E-state index contributed by atoms with van der Waals surface area (Å²) in [6.07, 6.45) is 1.68. The molecule has 30 heavy (non-hydrogen) atoms. The molecule has 0 aliphatic carbocycles. The van der Waals surface area contributed by atoms with Crippen LogP contribution in [-0.2, 0) is 4.79 Å². The molecule has 0 saturated heterocycles. The maximum atomic E-state index is 12.7. The smallest absolute Gasteiger partial charge is 0.262 e. The Morgan fingerprint density at radius 3 is 2.40 bits per heavy atom. The van der Waals surface area contributed by atoms with Crippen molar-refractivity contribution in [2.24, 2.45) is 0 Å². The molecule has 0 saturated carbocycles. The van der Waals surface area contributed by atoms with Gasteiger partial charge in [0.1, 0.15) is 11.6 Å². The highest BCUT2D eigenvalue weighted by molar-refractivity contribution is 6.02. The van der Waals surface area contributed by atoms with E-state index in [1.54, 1.807) is 6.08 Å². The third-order valence-corrected chi connectivity index (χ3v) is 5.38. The summed E-state index contributed by atoms with van der Waals surface area (Å²) in [5.41, 5.74) is 7.52. The number of carbonyl (C=O) groups is 1. The highest BCUT2D eigenvalue weighted by Crippen LogP contribution is 2.25. The minimum absolute atomic E-state index is 0.0960. The van der Waals surface area contributed by atoms with Crippen molar-refractivity contribution < 1.29 is 4.79 Å². The molecular formula is C26H27N3O. The number of aromatic nitrogens is 1. The zero-order valence-corrected chi connectivity index (χ0v) is 18.2. The van der Waals surface area contributed by atoms with Crippen molar-refractivity contribution in [2.45, 2.75) is 40.7 Å². The topological polar surface area (TPSA) is 57.8 Å². The summed E-state index contributed by atoms with van der Waals surface area (Å²) in [5, 5.41) is 12.5. The first-order chi connectivity index (χ1) is 14.3. The fraction of sp³-hybridized carbons (Fsp3) is 0.231. The number of aryl methyl sites for hydroxylation is 3. The second kappa shape index (κ2) is 8.84. The Morgan fingerprint density at radius 1 is 1.07 bits per heavy atom. The van der Waals surface area contributed by atoms with Crippen molar-refractivity contribution in [2.75, 3.05) is 0 Å². The Morgan fingerprint density at radius 2 is 1.77 bits per heavy atom. The lowest BCUT2D eigenvalue weighted by atomic mass is 10.1. The molecule has 2 aromatic carbocycles. The molecule has 0 aliphatic rings. The molecule has 3 rings (SSSR count). The standard InChI is InChI=1S/C26H27N3O/c1-17-11-12-25(18(2)13-17)29-19(3)14-23(21(29)5)15-24(16-27)26(30)28-20(4)22-9-7-6-8-10-22/h6-15,20H,1-5H3,(H,28,30)/b24-15-/t20-/m1/s1. The molecule has 152 valence electrons. The molecule has 1 aromatic heterocycles. The lowest BCUT2D eigenvalue weighted by Gasteiger charge is -2.14. The molecule has 4 heteroatoms. The average molecular weight is 398 g/mol. The van der Waals surface area contributed by atoms with Crippen LogP contribution < -0.4 is 5.32 Å². The van der Waals surface area contributed by atoms with E-state index in [9.17, 15) is 10.1 Å². The van der Waals surface area contributed by atoms with Gasteiger partial charge in [-0.3, -0.25) is 4.79 Å². The van der Waals surface area contributed by atoms with Crippen LogP contribution in [0.2, 0.25) is 0 Å². The van der Waals surface area contributed by atoms with Crippen LogP contribution in [0.4, 0.5) is 0 Å². The monoisotopic (exact) mass is 397 g/mol. The summed E-state index contributed by atoms with van der Waals surface area (Å²) in [6.45, 7) is 10.1. The van der Waals surface area contributed by atoms with Crippen molar-refractivity contribution >= 4 is 12.0 Å². The van der Waals surface area contributed by atoms with Gasteiger partial charge in [0, 0.05) is 17.1 Å². The number of nitrogens with one attached hydrogen (secondary N) is 1. The van der Waals surface area contributed by atoms with Crippen LogP contribution in [0.1, 0.15) is 46.6 Å². The van der Waals surface area contributed by atoms with E-state index in [4.69, 9.17) is 0 Å². The zero-order valence-electron chi connectivity index (χ0n) is 18.2. The number of carbonyl (C=O) groups excluding carboxylic acids is 1. The van der Waals surface area contributed by atoms with Gasteiger partial charge in [-0.1, -0.05) is 48.0 Å². The Hall–Kier alpha value is -3.58. The lowest BCUT2D eigenvalue weighted by molar-refractivity contribution is -0.117. The molecule has 1 amide bonds. The first-order valence-corrected chi connectivity index (χ1v) is 10.1. The summed E-state index contributed by atoms with van der Waals surface area (Å²) in [5.74, 6) is -0.370. The number of nitriles is 1. The van der Waals surface area contributed by atoms with Gasteiger partial charge in [0.2, 0.25) is 0 Å². The summed E-state index contributed by atoms with van der Waals surface area (Å²) >= 11 is 0. The molecular weight excluding hydrogens is 370 g/mol. The molecule has 0 fully saturated rings. The second-order valence-corrected chi connectivity index (χ2v) is 7.73. The molecule has 0 spiro atoms. The van der Waals surface area contributed by atoms with Gasteiger partial charge >= 0.3 is 0 Å². The molecule has 0 bridgehead atoms. The summed E-state index contributed by atoms with van der Waals surface area (Å²) in [4.78, 5) is 12.7. The fourth-order valence-electron chi connectivity index (χ4n) is 3.76. The minimum Gasteiger partial charge on any atom is -0.345 e. The molecule has 0 radical (unpaired) electrons. The van der Waals surface area contributed by atoms with E-state index >= 15 is 0 Å². The van der Waals surface area contributed by atoms with Gasteiger partial charge in [-0.2, -0.15) is 5.26 Å². The SMILES string of the molecule is Cc1ccc(-n2c(C)cc(/C=C(/C#N)C(=O)N[C@H](C)c3ccccc3)c2C)c(C)c1. The van der Waals surface area contributed by atoms with E-state index in [0.717, 1.165) is 28.2 Å². The predicted octanol–water partition coefficient (Wildman–Crippen LogP) is 5.50. The van der Waals surface area contributed by atoms with Gasteiger partial charge in [0.05, 0.1) is 6.04 Å². The summed E-state index contributed by atoms with van der Waals surface area (Å²) in [6, 6.07) is 20.0. The fourth-order valence-corrected chi connectivity index (χ4v) is 3.76. The van der Waals surface area contributed by atoms with Crippen molar-refractivity contribution in [1.29, 1.82) is 5.26 Å². The van der Waals surface area contributed by atoms with Crippen LogP contribution >= 0.6 is 0 Å². The number of hydrogen-bond acceptors (Lipinski definition) is 2. The maximum Gasteiger partial charge on any atom is 0.262 e. The van der Waals surface area contributed by atoms with Crippen molar-refractivity contribution in [1.82, 2.24) is 9.88 Å². The summed E-state index contributed by atoms with van der Waals surface area (Å²) < 4.78 is 2.17. The maximum absolute atomic E-state index is 12.7. The van der Waals surface area contributed by atoms with Gasteiger partial charge in [-0.25, -0.2) is 0 Å². The zero-order chi connectivity index (χ0) is 21.8. The summed E-state index contributed by atoms with van der Waals surface area (Å²) in [7, 11) is 0. The van der Waals surface area contributed by atoms with E-state index in [1.165, 1.54) is 11.1 Å². The van der Waals surface area contributed by atoms with Crippen LogP contribution in [0, 0.1) is 39.0 Å². The Bertz CT molecular complexity index is 1150. The predicted molar refractivity (Wildman–Crippen MR) is 121 cm³/mol. The van der Waals surface area contributed by atoms with E-state index in [2.05, 4.69) is 48.0 Å². The van der Waals surface area contributed by atoms with Gasteiger partial charge in [-0.15, -0.1) is 0 Å². The van der Waals surface area contributed by atoms with Crippen LogP contribution in [0.3, 0.4) is 0 Å².